The molecule has 25 heavy (non-hydrogen) atoms. The number of nitrogens with zero attached hydrogens (tertiary/aromatic N) is 4. The zero-order chi connectivity index (χ0) is 17.9. The van der Waals surface area contributed by atoms with Crippen molar-refractivity contribution in [3.63, 3.8) is 0 Å². The summed E-state index contributed by atoms with van der Waals surface area (Å²) < 4.78 is 50.7. The second-order valence-electron chi connectivity index (χ2n) is 5.52. The van der Waals surface area contributed by atoms with Crippen molar-refractivity contribution in [2.45, 2.75) is 30.1 Å². The van der Waals surface area contributed by atoms with Crippen LogP contribution in [0.1, 0.15) is 35.4 Å². The maximum atomic E-state index is 12.9. The van der Waals surface area contributed by atoms with E-state index in [0.29, 0.717) is 21.6 Å². The Morgan fingerprint density at radius 2 is 2.04 bits per heavy atom. The summed E-state index contributed by atoms with van der Waals surface area (Å²) in [4.78, 5) is 4.30. The Balaban J connectivity index is 2.02. The van der Waals surface area contributed by atoms with Crippen LogP contribution in [0.25, 0.3) is 15.9 Å². The summed E-state index contributed by atoms with van der Waals surface area (Å²) in [6, 6.07) is 1.22. The molecule has 0 unspecified atom stereocenters. The Morgan fingerprint density at radius 1 is 1.32 bits per heavy atom. The third-order valence-electron chi connectivity index (χ3n) is 3.75. The van der Waals surface area contributed by atoms with E-state index in [4.69, 9.17) is 22.3 Å². The Bertz CT molecular complexity index is 1100. The second kappa shape index (κ2) is 5.99. The van der Waals surface area contributed by atoms with Crippen LogP contribution in [0.3, 0.4) is 0 Å². The van der Waals surface area contributed by atoms with Gasteiger partial charge in [0, 0.05) is 0 Å². The molecule has 1 fully saturated rings. The van der Waals surface area contributed by atoms with Gasteiger partial charge in [0.05, 0.1) is 0 Å². The number of alkyl halides is 2. The minimum atomic E-state index is -4.02. The zero-order valence-corrected chi connectivity index (χ0v) is 16.2. The maximum absolute atomic E-state index is 12.9. The molecule has 0 aliphatic heterocycles. The average Bonchev–Trinajstić information content (AvgIpc) is 3.11. The molecule has 0 aromatic carbocycles. The van der Waals surface area contributed by atoms with E-state index in [2.05, 4.69) is 15.2 Å². The number of hydrogen-bond donors (Lipinski definition) is 0. The number of pyridine rings is 1. The van der Waals surface area contributed by atoms with E-state index in [1.807, 2.05) is 0 Å². The first-order valence-corrected chi connectivity index (χ1v) is 11.4. The Kier molecular flexibility index (Phi) is 4.16. The quantitative estimate of drug-likeness (QED) is 0.431. The SMILES string of the molecule is O=S(=O)(Cl)c1cc(Cl)c2nc(C3CC3)c(-c3nnc(C(F)F)[se]3)n2c1. The molecule has 0 amide bonds. The molecule has 3 aromatic rings. The molecule has 4 rings (SSSR count). The molecule has 3 heterocycles. The van der Waals surface area contributed by atoms with Crippen molar-refractivity contribution in [3.05, 3.63) is 27.5 Å². The van der Waals surface area contributed by atoms with Crippen molar-refractivity contribution in [1.29, 1.82) is 0 Å². The number of rotatable bonds is 4. The normalized spacial score (nSPS) is 15.4. The van der Waals surface area contributed by atoms with E-state index in [0.717, 1.165) is 12.8 Å². The average molecular weight is 472 g/mol. The molecule has 0 spiro atoms. The number of aromatic nitrogens is 4. The molecule has 0 radical (unpaired) electrons. The Labute approximate surface area is 156 Å². The predicted molar refractivity (Wildman–Crippen MR) is 88.1 cm³/mol. The van der Waals surface area contributed by atoms with Crippen LogP contribution in [-0.2, 0) is 9.05 Å². The van der Waals surface area contributed by atoms with Crippen LogP contribution in [0.5, 0.6) is 0 Å². The van der Waals surface area contributed by atoms with Gasteiger partial charge in [-0.05, 0) is 0 Å². The van der Waals surface area contributed by atoms with Gasteiger partial charge in [-0.3, -0.25) is 0 Å². The zero-order valence-electron chi connectivity index (χ0n) is 12.2. The van der Waals surface area contributed by atoms with Gasteiger partial charge in [-0.15, -0.1) is 0 Å². The molecule has 0 N–H and O–H groups in total. The van der Waals surface area contributed by atoms with Crippen molar-refractivity contribution in [2.24, 2.45) is 0 Å². The number of imidazole rings is 1. The Morgan fingerprint density at radius 3 is 2.60 bits per heavy atom. The number of hydrogen-bond acceptors (Lipinski definition) is 5. The molecule has 0 saturated heterocycles. The fourth-order valence-electron chi connectivity index (χ4n) is 2.50. The fourth-order valence-corrected chi connectivity index (χ4v) is 5.14. The molecular weight excluding hydrogens is 464 g/mol. The third-order valence-corrected chi connectivity index (χ3v) is 7.32. The van der Waals surface area contributed by atoms with Crippen molar-refractivity contribution in [3.8, 4) is 10.3 Å². The van der Waals surface area contributed by atoms with Gasteiger partial charge >= 0.3 is 156 Å². The molecular formula is C13H8Cl2F2N4O2SSe. The van der Waals surface area contributed by atoms with Gasteiger partial charge in [0.1, 0.15) is 0 Å². The topological polar surface area (TPSA) is 77.2 Å². The number of fused-ring (bicyclic) bond motifs is 1. The van der Waals surface area contributed by atoms with E-state index >= 15 is 0 Å². The van der Waals surface area contributed by atoms with Gasteiger partial charge in [0.25, 0.3) is 0 Å². The fraction of sp³-hybridized carbons (Fsp3) is 0.308. The predicted octanol–water partition coefficient (Wildman–Crippen LogP) is 3.24. The van der Waals surface area contributed by atoms with Crippen LogP contribution in [0, 0.1) is 0 Å². The first-order valence-electron chi connectivity index (χ1n) is 7.04. The molecule has 6 nitrogen and oxygen atoms in total. The van der Waals surface area contributed by atoms with Crippen LogP contribution in [0.15, 0.2) is 17.2 Å². The monoisotopic (exact) mass is 472 g/mol. The van der Waals surface area contributed by atoms with Crippen LogP contribution in [-0.4, -0.2) is 42.5 Å². The molecule has 0 bridgehead atoms. The van der Waals surface area contributed by atoms with Crippen LogP contribution >= 0.6 is 22.3 Å². The van der Waals surface area contributed by atoms with Gasteiger partial charge in [0.15, 0.2) is 0 Å². The molecule has 1 saturated carbocycles. The van der Waals surface area contributed by atoms with E-state index < -0.39 is 30.0 Å². The third kappa shape index (κ3) is 3.10. The minimum absolute atomic E-state index is 0.107. The first kappa shape index (κ1) is 17.4. The summed E-state index contributed by atoms with van der Waals surface area (Å²) in [5.41, 5.74) is 1.50. The summed E-state index contributed by atoms with van der Waals surface area (Å²) in [7, 11) is 1.40. The number of halogens is 4. The molecule has 12 heteroatoms. The first-order chi connectivity index (χ1) is 11.8. The van der Waals surface area contributed by atoms with Gasteiger partial charge in [-0.1, -0.05) is 0 Å². The molecule has 0 atom stereocenters. The second-order valence-corrected chi connectivity index (χ2v) is 10.6. The summed E-state index contributed by atoms with van der Waals surface area (Å²) in [5.74, 6) is 0.177. The summed E-state index contributed by atoms with van der Waals surface area (Å²) >= 11 is 5.41. The molecule has 132 valence electrons. The van der Waals surface area contributed by atoms with Crippen molar-refractivity contribution in [1.82, 2.24) is 19.6 Å². The van der Waals surface area contributed by atoms with E-state index in [1.165, 1.54) is 16.7 Å². The standard InChI is InChI=1S/C13H8Cl2F2N4O2SSe/c14-7-3-6(24(15,22)23)4-21-9(8(5-1-2-5)18-11(7)21)12-19-20-13(25-12)10(16)17/h3-5,10H,1-2H2. The van der Waals surface area contributed by atoms with Gasteiger partial charge in [-0.25, -0.2) is 0 Å². The van der Waals surface area contributed by atoms with Gasteiger partial charge < -0.3 is 0 Å². The molecule has 1 aliphatic carbocycles. The molecule has 3 aromatic heterocycles. The van der Waals surface area contributed by atoms with Crippen LogP contribution in [0.4, 0.5) is 8.78 Å². The van der Waals surface area contributed by atoms with Crippen molar-refractivity contribution in [2.75, 3.05) is 0 Å². The van der Waals surface area contributed by atoms with E-state index in [9.17, 15) is 17.2 Å². The van der Waals surface area contributed by atoms with Crippen molar-refractivity contribution < 1.29 is 17.2 Å². The molecule has 1 aliphatic rings. The van der Waals surface area contributed by atoms with Crippen LogP contribution < -0.4 is 0 Å². The van der Waals surface area contributed by atoms with Crippen molar-refractivity contribution >= 4 is 51.5 Å². The summed E-state index contributed by atoms with van der Waals surface area (Å²) in [6.07, 6.45) is 0.444. The van der Waals surface area contributed by atoms with E-state index in [-0.39, 0.29) is 20.4 Å². The van der Waals surface area contributed by atoms with E-state index in [1.54, 1.807) is 0 Å². The van der Waals surface area contributed by atoms with Crippen LogP contribution in [0.2, 0.25) is 5.02 Å². The Hall–Kier alpha value is -1.06. The summed E-state index contributed by atoms with van der Waals surface area (Å²) in [6.45, 7) is 0. The van der Waals surface area contributed by atoms with Gasteiger partial charge in [0.2, 0.25) is 0 Å². The van der Waals surface area contributed by atoms with Gasteiger partial charge in [-0.2, -0.15) is 0 Å². The summed E-state index contributed by atoms with van der Waals surface area (Å²) in [5, 5.41) is 7.55.